The van der Waals surface area contributed by atoms with Crippen LogP contribution < -0.4 is 0 Å². The van der Waals surface area contributed by atoms with E-state index in [1.807, 2.05) is 0 Å². The van der Waals surface area contributed by atoms with Gasteiger partial charge in [-0.25, -0.2) is 0 Å². The van der Waals surface area contributed by atoms with Crippen molar-refractivity contribution in [2.75, 3.05) is 91.6 Å². The predicted molar refractivity (Wildman–Crippen MR) is 167 cm³/mol. The van der Waals surface area contributed by atoms with Crippen LogP contribution in [0.15, 0.2) is 0 Å². The highest BCUT2D eigenvalue weighted by atomic mass is 15.3. The maximum absolute atomic E-state index is 2.75. The highest BCUT2D eigenvalue weighted by molar-refractivity contribution is 4.86. The average Bonchev–Trinajstić information content (AvgIpc) is 2.93. The van der Waals surface area contributed by atoms with Crippen LogP contribution in [-0.4, -0.2) is 143 Å². The normalized spacial score (nSPS) is 23.4. The molecule has 0 radical (unpaired) electrons. The van der Waals surface area contributed by atoms with E-state index in [0.29, 0.717) is 0 Å². The minimum atomic E-state index is 0.228. The molecule has 0 aromatic carbocycles. The van der Waals surface area contributed by atoms with Gasteiger partial charge >= 0.3 is 0 Å². The molecule has 0 aromatic rings. The first-order valence-corrected chi connectivity index (χ1v) is 15.8. The first kappa shape index (κ1) is 34.0. The number of nitrogens with zero attached hydrogens (tertiary/aromatic N) is 6. The molecule has 6 heteroatoms. The van der Waals surface area contributed by atoms with Crippen LogP contribution in [0.5, 0.6) is 0 Å². The van der Waals surface area contributed by atoms with Crippen molar-refractivity contribution < 1.29 is 0 Å². The lowest BCUT2D eigenvalue weighted by Gasteiger charge is -2.39. The van der Waals surface area contributed by atoms with Gasteiger partial charge < -0.3 is 9.80 Å². The number of rotatable bonds is 5. The van der Waals surface area contributed by atoms with Crippen molar-refractivity contribution in [1.82, 2.24) is 29.4 Å². The summed E-state index contributed by atoms with van der Waals surface area (Å²) in [5, 5.41) is 0. The predicted octanol–water partition coefficient (Wildman–Crippen LogP) is 4.80. The Balaban J connectivity index is 1.94. The van der Waals surface area contributed by atoms with Gasteiger partial charge in [-0.15, -0.1) is 0 Å². The largest absolute Gasteiger partial charge is 0.301 e. The summed E-state index contributed by atoms with van der Waals surface area (Å²) in [6.07, 6.45) is 2.60. The topological polar surface area (TPSA) is 19.4 Å². The van der Waals surface area contributed by atoms with Crippen molar-refractivity contribution in [2.45, 2.75) is 118 Å². The molecule has 38 heavy (non-hydrogen) atoms. The van der Waals surface area contributed by atoms with E-state index in [0.717, 1.165) is 0 Å². The minimum absolute atomic E-state index is 0.228. The van der Waals surface area contributed by atoms with Crippen molar-refractivity contribution in [2.24, 2.45) is 0 Å². The standard InChI is InChI=1S/C32H68N6/c1-29(2,3)35-21-17-33(18-22-36(26-25-35)30(4,5)6)15-13-14-16-34-19-23-37(31(7,8)9)27-28-38(24-20-34)32(10,11)12/h13-28H2,1-12H3. The molecule has 226 valence electrons. The Morgan fingerprint density at radius 3 is 0.684 bits per heavy atom. The Labute approximate surface area is 239 Å². The van der Waals surface area contributed by atoms with E-state index in [4.69, 9.17) is 0 Å². The third-order valence-corrected chi connectivity index (χ3v) is 9.02. The molecule has 0 aromatic heterocycles. The van der Waals surface area contributed by atoms with Gasteiger partial charge in [0.15, 0.2) is 0 Å². The van der Waals surface area contributed by atoms with Crippen molar-refractivity contribution in [3.63, 3.8) is 0 Å². The Hall–Kier alpha value is -0.240. The first-order valence-electron chi connectivity index (χ1n) is 15.8. The molecule has 0 amide bonds. The molecule has 2 fully saturated rings. The van der Waals surface area contributed by atoms with Crippen molar-refractivity contribution >= 4 is 0 Å². The van der Waals surface area contributed by atoms with E-state index in [2.05, 4.69) is 112 Å². The summed E-state index contributed by atoms with van der Waals surface area (Å²) in [7, 11) is 0. The molecular formula is C32H68N6. The van der Waals surface area contributed by atoms with Crippen molar-refractivity contribution in [3.8, 4) is 0 Å². The SMILES string of the molecule is CC(C)(C)N1CCN(CCCCN2CCN(C(C)(C)C)CCN(C(C)(C)C)CC2)CCN(C(C)(C)C)CC1. The molecule has 2 aliphatic rings. The van der Waals surface area contributed by atoms with Crippen LogP contribution in [0.1, 0.15) is 95.9 Å². The Bertz CT molecular complexity index is 555. The molecule has 0 saturated carbocycles. The summed E-state index contributed by atoms with van der Waals surface area (Å²) in [5.41, 5.74) is 0.911. The van der Waals surface area contributed by atoms with Crippen LogP contribution in [0.3, 0.4) is 0 Å². The van der Waals surface area contributed by atoms with Crippen LogP contribution in [0.25, 0.3) is 0 Å². The van der Waals surface area contributed by atoms with Crippen LogP contribution in [0, 0.1) is 0 Å². The lowest BCUT2D eigenvalue weighted by atomic mass is 10.0. The van der Waals surface area contributed by atoms with E-state index in [-0.39, 0.29) is 22.2 Å². The number of hydrogen-bond donors (Lipinski definition) is 0. The number of hydrogen-bond acceptors (Lipinski definition) is 6. The maximum Gasteiger partial charge on any atom is 0.0126 e. The molecular weight excluding hydrogens is 468 g/mol. The summed E-state index contributed by atoms with van der Waals surface area (Å²) < 4.78 is 0. The first-order chi connectivity index (χ1) is 17.4. The lowest BCUT2D eigenvalue weighted by molar-refractivity contribution is 0.0891. The van der Waals surface area contributed by atoms with Gasteiger partial charge in [-0.05, 0) is 109 Å². The fraction of sp³-hybridized carbons (Fsp3) is 1.00. The highest BCUT2D eigenvalue weighted by Gasteiger charge is 2.29. The van der Waals surface area contributed by atoms with Gasteiger partial charge in [0.25, 0.3) is 0 Å². The molecule has 2 aliphatic heterocycles. The molecule has 0 aliphatic carbocycles. The smallest absolute Gasteiger partial charge is 0.0126 e. The van der Waals surface area contributed by atoms with E-state index < -0.39 is 0 Å². The van der Waals surface area contributed by atoms with Gasteiger partial charge in [0, 0.05) is 101 Å². The quantitative estimate of drug-likeness (QED) is 0.467. The molecule has 0 bridgehead atoms. The van der Waals surface area contributed by atoms with Crippen LogP contribution in [-0.2, 0) is 0 Å². The summed E-state index contributed by atoms with van der Waals surface area (Å²) in [6, 6.07) is 0. The highest BCUT2D eigenvalue weighted by Crippen LogP contribution is 2.20. The minimum Gasteiger partial charge on any atom is -0.301 e. The van der Waals surface area contributed by atoms with Gasteiger partial charge in [0.2, 0.25) is 0 Å². The van der Waals surface area contributed by atoms with Crippen LogP contribution in [0.2, 0.25) is 0 Å². The third kappa shape index (κ3) is 11.7. The summed E-state index contributed by atoms with van der Waals surface area (Å²) in [4.78, 5) is 16.3. The van der Waals surface area contributed by atoms with E-state index in [9.17, 15) is 0 Å². The third-order valence-electron chi connectivity index (χ3n) is 9.02. The fourth-order valence-corrected chi connectivity index (χ4v) is 6.00. The van der Waals surface area contributed by atoms with E-state index >= 15 is 0 Å². The molecule has 2 heterocycles. The van der Waals surface area contributed by atoms with Gasteiger partial charge in [-0.1, -0.05) is 0 Å². The molecule has 0 unspecified atom stereocenters. The fourth-order valence-electron chi connectivity index (χ4n) is 6.00. The Morgan fingerprint density at radius 2 is 0.500 bits per heavy atom. The molecule has 6 nitrogen and oxygen atoms in total. The Kier molecular flexibility index (Phi) is 12.6. The zero-order valence-electron chi connectivity index (χ0n) is 28.0. The van der Waals surface area contributed by atoms with Gasteiger partial charge in [-0.2, -0.15) is 0 Å². The van der Waals surface area contributed by atoms with Crippen molar-refractivity contribution in [3.05, 3.63) is 0 Å². The second-order valence-electron chi connectivity index (χ2n) is 16.0. The Morgan fingerprint density at radius 1 is 0.316 bits per heavy atom. The molecule has 0 N–H and O–H groups in total. The average molecular weight is 537 g/mol. The van der Waals surface area contributed by atoms with Gasteiger partial charge in [-0.3, -0.25) is 19.6 Å². The van der Waals surface area contributed by atoms with E-state index in [1.165, 1.54) is 104 Å². The number of unbranched alkanes of at least 4 members (excludes halogenated alkanes) is 1. The molecule has 0 spiro atoms. The molecule has 0 atom stereocenters. The monoisotopic (exact) mass is 537 g/mol. The summed E-state index contributed by atoms with van der Waals surface area (Å²) >= 11 is 0. The van der Waals surface area contributed by atoms with Gasteiger partial charge in [0.05, 0.1) is 0 Å². The van der Waals surface area contributed by atoms with E-state index in [1.54, 1.807) is 0 Å². The summed E-state index contributed by atoms with van der Waals surface area (Å²) in [6.45, 7) is 45.2. The zero-order valence-corrected chi connectivity index (χ0v) is 28.0. The second kappa shape index (κ2) is 14.1. The molecule has 2 rings (SSSR count). The lowest BCUT2D eigenvalue weighted by Crippen LogP contribution is -2.50. The summed E-state index contributed by atoms with van der Waals surface area (Å²) in [5.74, 6) is 0. The van der Waals surface area contributed by atoms with Gasteiger partial charge in [0.1, 0.15) is 0 Å². The van der Waals surface area contributed by atoms with Crippen LogP contribution in [0.4, 0.5) is 0 Å². The molecule has 2 saturated heterocycles. The maximum atomic E-state index is 2.75. The van der Waals surface area contributed by atoms with Crippen LogP contribution >= 0.6 is 0 Å². The van der Waals surface area contributed by atoms with Crippen molar-refractivity contribution in [1.29, 1.82) is 0 Å². The second-order valence-corrected chi connectivity index (χ2v) is 16.0. The zero-order chi connectivity index (χ0) is 28.8.